The van der Waals surface area contributed by atoms with E-state index in [4.69, 9.17) is 16.3 Å². The second-order valence-corrected chi connectivity index (χ2v) is 5.57. The van der Waals surface area contributed by atoms with E-state index >= 15 is 0 Å². The first-order valence-corrected chi connectivity index (χ1v) is 7.83. The van der Waals surface area contributed by atoms with Crippen LogP contribution in [0.4, 0.5) is 5.82 Å². The largest absolute Gasteiger partial charge is 0.378 e. The van der Waals surface area contributed by atoms with Gasteiger partial charge in [-0.2, -0.15) is 0 Å². The lowest BCUT2D eigenvalue weighted by Crippen LogP contribution is -2.44. The molecule has 0 radical (unpaired) electrons. The van der Waals surface area contributed by atoms with Crippen molar-refractivity contribution < 1.29 is 4.74 Å². The molecule has 1 N–H and O–H groups in total. The van der Waals surface area contributed by atoms with Gasteiger partial charge in [0.2, 0.25) is 0 Å². The Morgan fingerprint density at radius 2 is 2.30 bits per heavy atom. The summed E-state index contributed by atoms with van der Waals surface area (Å²) in [4.78, 5) is 7.07. The van der Waals surface area contributed by atoms with E-state index in [1.807, 2.05) is 12.1 Å². The molecule has 2 heterocycles. The first-order valence-electron chi connectivity index (χ1n) is 7.45. The summed E-state index contributed by atoms with van der Waals surface area (Å²) in [6.07, 6.45) is 2.17. The quantitative estimate of drug-likeness (QED) is 0.875. The molecule has 1 aliphatic heterocycles. The Morgan fingerprint density at radius 3 is 3.05 bits per heavy atom. The van der Waals surface area contributed by atoms with Gasteiger partial charge in [0.25, 0.3) is 0 Å². The van der Waals surface area contributed by atoms with E-state index in [0.717, 1.165) is 62.2 Å². The predicted octanol–water partition coefficient (Wildman–Crippen LogP) is 3.17. The van der Waals surface area contributed by atoms with Crippen LogP contribution in [0, 0.1) is 0 Å². The van der Waals surface area contributed by atoms with E-state index < -0.39 is 0 Å². The van der Waals surface area contributed by atoms with Crippen LogP contribution in [-0.2, 0) is 11.3 Å². The standard InChI is InChI=1S/C15H24ClN3O/c1-3-7-17-15-6-5-13(16)14(18-15)10-19-8-9-20-11-12(19)4-2/h5-6,12H,3-4,7-11H2,1-2H3,(H,17,18). The zero-order valence-corrected chi connectivity index (χ0v) is 13.1. The maximum Gasteiger partial charge on any atom is 0.126 e. The van der Waals surface area contributed by atoms with Gasteiger partial charge in [-0.15, -0.1) is 0 Å². The number of nitrogens with one attached hydrogen (secondary N) is 1. The fraction of sp³-hybridized carbons (Fsp3) is 0.667. The molecule has 1 unspecified atom stereocenters. The zero-order valence-electron chi connectivity index (χ0n) is 12.4. The van der Waals surface area contributed by atoms with Crippen LogP contribution in [0.2, 0.25) is 5.02 Å². The van der Waals surface area contributed by atoms with Crippen molar-refractivity contribution in [3.05, 3.63) is 22.8 Å². The summed E-state index contributed by atoms with van der Waals surface area (Å²) >= 11 is 6.29. The number of hydrogen-bond acceptors (Lipinski definition) is 4. The van der Waals surface area contributed by atoms with Crippen molar-refractivity contribution in [2.24, 2.45) is 0 Å². The van der Waals surface area contributed by atoms with Crippen LogP contribution < -0.4 is 5.32 Å². The lowest BCUT2D eigenvalue weighted by Gasteiger charge is -2.34. The van der Waals surface area contributed by atoms with Crippen LogP contribution in [0.5, 0.6) is 0 Å². The summed E-state index contributed by atoms with van der Waals surface area (Å²) in [5, 5.41) is 4.06. The number of aromatic nitrogens is 1. The van der Waals surface area contributed by atoms with Gasteiger partial charge in [0.15, 0.2) is 0 Å². The van der Waals surface area contributed by atoms with Crippen molar-refractivity contribution in [3.8, 4) is 0 Å². The second kappa shape index (κ2) is 7.81. The Balaban J connectivity index is 2.06. The predicted molar refractivity (Wildman–Crippen MR) is 83.3 cm³/mol. The molecule has 0 amide bonds. The van der Waals surface area contributed by atoms with Crippen LogP contribution in [0.15, 0.2) is 12.1 Å². The van der Waals surface area contributed by atoms with Crippen LogP contribution >= 0.6 is 11.6 Å². The number of halogens is 1. The van der Waals surface area contributed by atoms with Crippen molar-refractivity contribution in [1.29, 1.82) is 0 Å². The molecule has 0 aliphatic carbocycles. The van der Waals surface area contributed by atoms with E-state index in [9.17, 15) is 0 Å². The maximum atomic E-state index is 6.29. The molecule has 1 fully saturated rings. The van der Waals surface area contributed by atoms with Crippen molar-refractivity contribution in [3.63, 3.8) is 0 Å². The van der Waals surface area contributed by atoms with Gasteiger partial charge in [0, 0.05) is 25.7 Å². The third-order valence-electron chi connectivity index (χ3n) is 3.65. The number of pyridine rings is 1. The molecular weight excluding hydrogens is 274 g/mol. The van der Waals surface area contributed by atoms with E-state index in [-0.39, 0.29) is 0 Å². The third-order valence-corrected chi connectivity index (χ3v) is 3.99. The van der Waals surface area contributed by atoms with Crippen molar-refractivity contribution >= 4 is 17.4 Å². The van der Waals surface area contributed by atoms with Crippen molar-refractivity contribution in [1.82, 2.24) is 9.88 Å². The lowest BCUT2D eigenvalue weighted by atomic mass is 10.1. The SMILES string of the molecule is CCCNc1ccc(Cl)c(CN2CCOCC2CC)n1. The molecule has 1 saturated heterocycles. The van der Waals surface area contributed by atoms with Gasteiger partial charge in [-0.1, -0.05) is 25.4 Å². The Kier molecular flexibility index (Phi) is 6.07. The fourth-order valence-electron chi connectivity index (χ4n) is 2.41. The highest BCUT2D eigenvalue weighted by molar-refractivity contribution is 6.31. The van der Waals surface area contributed by atoms with Crippen LogP contribution in [-0.4, -0.2) is 42.2 Å². The summed E-state index contributed by atoms with van der Waals surface area (Å²) < 4.78 is 5.54. The van der Waals surface area contributed by atoms with Gasteiger partial charge in [0.05, 0.1) is 23.9 Å². The third kappa shape index (κ3) is 4.08. The molecule has 1 aromatic rings. The Labute approximate surface area is 126 Å². The van der Waals surface area contributed by atoms with Gasteiger partial charge < -0.3 is 10.1 Å². The Hall–Kier alpha value is -0.840. The minimum absolute atomic E-state index is 0.467. The van der Waals surface area contributed by atoms with Crippen molar-refractivity contribution in [2.45, 2.75) is 39.3 Å². The van der Waals surface area contributed by atoms with Crippen LogP contribution in [0.1, 0.15) is 32.4 Å². The summed E-state index contributed by atoms with van der Waals surface area (Å²) in [6.45, 7) is 8.61. The first-order chi connectivity index (χ1) is 9.74. The molecule has 0 spiro atoms. The van der Waals surface area contributed by atoms with Crippen LogP contribution in [0.25, 0.3) is 0 Å². The molecule has 4 nitrogen and oxygen atoms in total. The topological polar surface area (TPSA) is 37.4 Å². The average Bonchev–Trinajstić information content (AvgIpc) is 2.48. The first kappa shape index (κ1) is 15.5. The molecule has 20 heavy (non-hydrogen) atoms. The fourth-order valence-corrected chi connectivity index (χ4v) is 2.58. The summed E-state index contributed by atoms with van der Waals surface area (Å²) in [5.41, 5.74) is 0.952. The van der Waals surface area contributed by atoms with Gasteiger partial charge in [-0.3, -0.25) is 4.90 Å². The van der Waals surface area contributed by atoms with E-state index in [2.05, 4.69) is 29.0 Å². The monoisotopic (exact) mass is 297 g/mol. The summed E-state index contributed by atoms with van der Waals surface area (Å²) in [7, 11) is 0. The summed E-state index contributed by atoms with van der Waals surface area (Å²) in [6, 6.07) is 4.34. The van der Waals surface area contributed by atoms with Gasteiger partial charge >= 0.3 is 0 Å². The van der Waals surface area contributed by atoms with E-state index in [1.165, 1.54) is 0 Å². The number of ether oxygens (including phenoxy) is 1. The molecule has 1 aromatic heterocycles. The number of nitrogens with zero attached hydrogens (tertiary/aromatic N) is 2. The Morgan fingerprint density at radius 1 is 1.45 bits per heavy atom. The number of rotatable bonds is 6. The Bertz CT molecular complexity index is 428. The second-order valence-electron chi connectivity index (χ2n) is 5.16. The van der Waals surface area contributed by atoms with Crippen LogP contribution in [0.3, 0.4) is 0 Å². The zero-order chi connectivity index (χ0) is 14.4. The highest BCUT2D eigenvalue weighted by Gasteiger charge is 2.22. The lowest BCUT2D eigenvalue weighted by molar-refractivity contribution is -0.0132. The molecule has 1 aliphatic rings. The average molecular weight is 298 g/mol. The molecule has 0 bridgehead atoms. The summed E-state index contributed by atoms with van der Waals surface area (Å²) in [5.74, 6) is 0.910. The maximum absolute atomic E-state index is 6.29. The highest BCUT2D eigenvalue weighted by atomic mass is 35.5. The molecule has 0 aromatic carbocycles. The van der Waals surface area contributed by atoms with E-state index in [1.54, 1.807) is 0 Å². The van der Waals surface area contributed by atoms with Gasteiger partial charge in [0.1, 0.15) is 5.82 Å². The number of anilines is 1. The molecule has 1 atom stereocenters. The minimum Gasteiger partial charge on any atom is -0.378 e. The molecule has 112 valence electrons. The number of morpholine rings is 1. The molecular formula is C15H24ClN3O. The smallest absolute Gasteiger partial charge is 0.126 e. The van der Waals surface area contributed by atoms with Gasteiger partial charge in [-0.25, -0.2) is 4.98 Å². The van der Waals surface area contributed by atoms with E-state index in [0.29, 0.717) is 6.04 Å². The molecule has 2 rings (SSSR count). The number of hydrogen-bond donors (Lipinski definition) is 1. The molecule has 0 saturated carbocycles. The highest BCUT2D eigenvalue weighted by Crippen LogP contribution is 2.21. The minimum atomic E-state index is 0.467. The normalized spacial score (nSPS) is 20.1. The van der Waals surface area contributed by atoms with Gasteiger partial charge in [-0.05, 0) is 25.0 Å². The van der Waals surface area contributed by atoms with Crippen molar-refractivity contribution in [2.75, 3.05) is 31.6 Å². The molecule has 5 heteroatoms.